The van der Waals surface area contributed by atoms with Gasteiger partial charge in [0.05, 0.1) is 30.5 Å². The molecule has 9 nitrogen and oxygen atoms in total. The van der Waals surface area contributed by atoms with Gasteiger partial charge >= 0.3 is 12.1 Å². The van der Waals surface area contributed by atoms with Crippen LogP contribution in [0.15, 0.2) is 54.6 Å². The Hall–Kier alpha value is -3.43. The number of esters is 1. The van der Waals surface area contributed by atoms with Crippen LogP contribution in [0.5, 0.6) is 0 Å². The predicted molar refractivity (Wildman–Crippen MR) is 126 cm³/mol. The quantitative estimate of drug-likeness (QED) is 0.366. The molecule has 9 heteroatoms. The highest BCUT2D eigenvalue weighted by molar-refractivity contribution is 5.85. The molecule has 1 amide bonds. The predicted octanol–water partition coefficient (Wildman–Crippen LogP) is 3.18. The summed E-state index contributed by atoms with van der Waals surface area (Å²) in [6, 6.07) is 15.7. The lowest BCUT2D eigenvalue weighted by molar-refractivity contribution is -0.172. The number of hydrogen-bond donors (Lipinski definition) is 2. The highest BCUT2D eigenvalue weighted by atomic mass is 16.6. The van der Waals surface area contributed by atoms with Gasteiger partial charge in [-0.15, -0.1) is 0 Å². The topological polar surface area (TPSA) is 112 Å². The monoisotopic (exact) mass is 469 g/mol. The molecule has 0 aliphatic heterocycles. The molecule has 0 saturated heterocycles. The van der Waals surface area contributed by atoms with Crippen molar-refractivity contribution in [2.75, 3.05) is 7.11 Å². The number of para-hydroxylation sites is 1. The van der Waals surface area contributed by atoms with Crippen LogP contribution in [-0.2, 0) is 38.6 Å². The average Bonchev–Trinajstić information content (AvgIpc) is 3.13. The molecule has 182 valence electrons. The Morgan fingerprint density at radius 3 is 2.44 bits per heavy atom. The third-order valence-corrected chi connectivity index (χ3v) is 4.94. The molecule has 3 aromatic rings. The van der Waals surface area contributed by atoms with E-state index in [-0.39, 0.29) is 19.6 Å². The molecule has 2 atom stereocenters. The van der Waals surface area contributed by atoms with Crippen LogP contribution in [-0.4, -0.2) is 52.0 Å². The minimum atomic E-state index is -1.07. The van der Waals surface area contributed by atoms with Crippen molar-refractivity contribution in [3.63, 3.8) is 0 Å². The lowest BCUT2D eigenvalue weighted by atomic mass is 10.1. The van der Waals surface area contributed by atoms with E-state index in [1.165, 1.54) is 7.11 Å². The van der Waals surface area contributed by atoms with Gasteiger partial charge in [0.2, 0.25) is 0 Å². The van der Waals surface area contributed by atoms with E-state index >= 15 is 0 Å². The number of nitrogens with zero attached hydrogens (tertiary/aromatic N) is 2. The molecule has 1 aromatic heterocycles. The number of hydrogen-bond acceptors (Lipinski definition) is 7. The number of carbonyl (C=O) groups is 2. The van der Waals surface area contributed by atoms with E-state index in [4.69, 9.17) is 14.2 Å². The van der Waals surface area contributed by atoms with Crippen molar-refractivity contribution in [1.82, 2.24) is 15.1 Å². The van der Waals surface area contributed by atoms with E-state index < -0.39 is 30.0 Å². The van der Waals surface area contributed by atoms with Crippen LogP contribution in [0.2, 0.25) is 0 Å². The fourth-order valence-electron chi connectivity index (χ4n) is 3.52. The molecule has 0 fully saturated rings. The number of methoxy groups -OCH3 is 1. The van der Waals surface area contributed by atoms with Crippen LogP contribution in [0.25, 0.3) is 10.9 Å². The minimum Gasteiger partial charge on any atom is -0.467 e. The van der Waals surface area contributed by atoms with Gasteiger partial charge in [0, 0.05) is 11.8 Å². The molecule has 0 saturated carbocycles. The van der Waals surface area contributed by atoms with Crippen LogP contribution in [0, 0.1) is 0 Å². The molecule has 1 heterocycles. The van der Waals surface area contributed by atoms with Crippen molar-refractivity contribution in [3.8, 4) is 0 Å². The van der Waals surface area contributed by atoms with Gasteiger partial charge in [-0.1, -0.05) is 48.5 Å². The molecule has 0 radical (unpaired) electrons. The number of aliphatic hydroxyl groups is 1. The number of ether oxygens (including phenoxy) is 3. The largest absolute Gasteiger partial charge is 0.467 e. The van der Waals surface area contributed by atoms with Gasteiger partial charge in [-0.2, -0.15) is 5.10 Å². The van der Waals surface area contributed by atoms with Gasteiger partial charge in [-0.3, -0.25) is 4.68 Å². The van der Waals surface area contributed by atoms with E-state index in [9.17, 15) is 14.7 Å². The summed E-state index contributed by atoms with van der Waals surface area (Å²) in [5.74, 6) is -0.619. The molecule has 3 rings (SSSR count). The number of fused-ring (bicyclic) bond motifs is 1. The summed E-state index contributed by atoms with van der Waals surface area (Å²) in [4.78, 5) is 24.8. The highest BCUT2D eigenvalue weighted by Gasteiger charge is 2.26. The van der Waals surface area contributed by atoms with Crippen LogP contribution >= 0.6 is 0 Å². The minimum absolute atomic E-state index is 0.0732. The number of nitrogens with one attached hydrogen (secondary N) is 1. The molecule has 2 aromatic carbocycles. The Kier molecular flexibility index (Phi) is 8.25. The Morgan fingerprint density at radius 2 is 1.76 bits per heavy atom. The van der Waals surface area contributed by atoms with E-state index in [2.05, 4.69) is 10.4 Å². The third kappa shape index (κ3) is 7.03. The first-order chi connectivity index (χ1) is 16.2. The molecule has 0 aliphatic carbocycles. The van der Waals surface area contributed by atoms with Crippen molar-refractivity contribution in [2.24, 2.45) is 0 Å². The Morgan fingerprint density at radius 1 is 1.09 bits per heavy atom. The first-order valence-electron chi connectivity index (χ1n) is 11.0. The van der Waals surface area contributed by atoms with E-state index in [0.29, 0.717) is 5.69 Å². The van der Waals surface area contributed by atoms with Crippen LogP contribution < -0.4 is 5.32 Å². The van der Waals surface area contributed by atoms with Crippen molar-refractivity contribution < 1.29 is 28.9 Å². The molecule has 0 spiro atoms. The molecule has 0 bridgehead atoms. The van der Waals surface area contributed by atoms with Crippen molar-refractivity contribution in [2.45, 2.75) is 58.3 Å². The zero-order chi connectivity index (χ0) is 24.7. The maximum Gasteiger partial charge on any atom is 0.408 e. The highest BCUT2D eigenvalue weighted by Crippen LogP contribution is 2.21. The average molecular weight is 470 g/mol. The number of carbonyl (C=O) groups excluding carboxylic acids is 2. The summed E-state index contributed by atoms with van der Waals surface area (Å²) >= 11 is 0. The van der Waals surface area contributed by atoms with Crippen LogP contribution in [0.1, 0.15) is 32.0 Å². The van der Waals surface area contributed by atoms with Gasteiger partial charge in [0.15, 0.2) is 6.29 Å². The maximum absolute atomic E-state index is 12.4. The smallest absolute Gasteiger partial charge is 0.408 e. The second-order valence-electron chi connectivity index (χ2n) is 8.82. The first-order valence-corrected chi connectivity index (χ1v) is 11.0. The van der Waals surface area contributed by atoms with Gasteiger partial charge in [0.1, 0.15) is 12.6 Å². The summed E-state index contributed by atoms with van der Waals surface area (Å²) in [5.41, 5.74) is 1.64. The normalized spacial score (nSPS) is 13.3. The number of alkyl carbamates (subject to hydrolysis) is 1. The molecule has 0 unspecified atom stereocenters. The van der Waals surface area contributed by atoms with Gasteiger partial charge in [-0.05, 0) is 32.4 Å². The number of amides is 1. The van der Waals surface area contributed by atoms with Crippen molar-refractivity contribution >= 4 is 23.0 Å². The zero-order valence-corrected chi connectivity index (χ0v) is 19.9. The summed E-state index contributed by atoms with van der Waals surface area (Å²) in [6.45, 7) is 5.74. The Bertz CT molecular complexity index is 1110. The van der Waals surface area contributed by atoms with Crippen molar-refractivity contribution in [1.29, 1.82) is 0 Å². The fourth-order valence-corrected chi connectivity index (χ4v) is 3.52. The van der Waals surface area contributed by atoms with Gasteiger partial charge < -0.3 is 24.6 Å². The van der Waals surface area contributed by atoms with Gasteiger partial charge in [0.25, 0.3) is 0 Å². The van der Waals surface area contributed by atoms with Crippen molar-refractivity contribution in [3.05, 3.63) is 65.9 Å². The SMILES string of the molecule is COC(=O)[C@H](Cc1nn(C[C@@H](O)OC(C)(C)C)c2ccccc12)NC(=O)OCc1ccccc1. The second kappa shape index (κ2) is 11.1. The number of aliphatic hydroxyl groups excluding tert-OH is 1. The molecule has 34 heavy (non-hydrogen) atoms. The standard InChI is InChI=1S/C25H31N3O6/c1-25(2,3)34-22(29)15-28-21-13-9-8-12-18(21)19(27-28)14-20(23(30)32-4)26-24(31)33-16-17-10-6-5-7-11-17/h5-13,20,22,29H,14-16H2,1-4H3,(H,26,31)/t20-,22-/m0/s1. The Labute approximate surface area is 198 Å². The zero-order valence-electron chi connectivity index (χ0n) is 19.9. The molecular weight excluding hydrogens is 438 g/mol. The number of aromatic nitrogens is 2. The summed E-state index contributed by atoms with van der Waals surface area (Å²) in [7, 11) is 1.25. The third-order valence-electron chi connectivity index (χ3n) is 4.94. The lowest BCUT2D eigenvalue weighted by Gasteiger charge is -2.24. The summed E-state index contributed by atoms with van der Waals surface area (Å²) < 4.78 is 17.4. The number of rotatable bonds is 9. The molecule has 0 aliphatic rings. The summed E-state index contributed by atoms with van der Waals surface area (Å²) in [5, 5.41) is 18.3. The summed E-state index contributed by atoms with van der Waals surface area (Å²) in [6.07, 6.45) is -1.73. The maximum atomic E-state index is 12.4. The van der Waals surface area contributed by atoms with E-state index in [1.54, 1.807) is 4.68 Å². The van der Waals surface area contributed by atoms with Crippen LogP contribution in [0.4, 0.5) is 4.79 Å². The fraction of sp³-hybridized carbons (Fsp3) is 0.400. The van der Waals surface area contributed by atoms with E-state index in [1.807, 2.05) is 75.4 Å². The van der Waals surface area contributed by atoms with Gasteiger partial charge in [-0.25, -0.2) is 9.59 Å². The second-order valence-corrected chi connectivity index (χ2v) is 8.82. The first kappa shape index (κ1) is 25.2. The molecule has 2 N–H and O–H groups in total. The number of benzene rings is 2. The van der Waals surface area contributed by atoms with E-state index in [0.717, 1.165) is 16.5 Å². The Balaban J connectivity index is 1.75. The lowest BCUT2D eigenvalue weighted by Crippen LogP contribution is -2.43. The van der Waals surface area contributed by atoms with Crippen LogP contribution in [0.3, 0.4) is 0 Å². The molecular formula is C25H31N3O6.